The van der Waals surface area contributed by atoms with Crippen LogP contribution in [0.5, 0.6) is 11.5 Å². The summed E-state index contributed by atoms with van der Waals surface area (Å²) in [5, 5.41) is 6.09. The molecule has 2 rings (SSSR count). The van der Waals surface area contributed by atoms with Crippen molar-refractivity contribution in [3.63, 3.8) is 0 Å². The minimum Gasteiger partial charge on any atom is -0.497 e. The van der Waals surface area contributed by atoms with E-state index in [1.54, 1.807) is 20.3 Å². The van der Waals surface area contributed by atoms with Crippen molar-refractivity contribution in [2.24, 2.45) is 0 Å². The lowest BCUT2D eigenvalue weighted by Crippen LogP contribution is -2.41. The normalized spacial score (nSPS) is 11.3. The maximum Gasteiger partial charge on any atom is 0.253 e. The van der Waals surface area contributed by atoms with Crippen molar-refractivity contribution in [1.82, 2.24) is 0 Å². The summed E-state index contributed by atoms with van der Waals surface area (Å²) in [6.45, 7) is 6.18. The molecule has 0 amide bonds. The van der Waals surface area contributed by atoms with Crippen LogP contribution in [0.15, 0.2) is 27.8 Å². The zero-order chi connectivity index (χ0) is 17.2. The third-order valence-corrected chi connectivity index (χ3v) is 3.29. The van der Waals surface area contributed by atoms with Crippen LogP contribution in [0, 0.1) is 0 Å². The first kappa shape index (κ1) is 16.9. The second kappa shape index (κ2) is 6.32. The highest BCUT2D eigenvalue weighted by molar-refractivity contribution is 5.74. The first-order valence-electron chi connectivity index (χ1n) is 7.32. The van der Waals surface area contributed by atoms with E-state index in [0.29, 0.717) is 29.4 Å². The van der Waals surface area contributed by atoms with Gasteiger partial charge < -0.3 is 20.1 Å². The van der Waals surface area contributed by atoms with Crippen molar-refractivity contribution in [3.05, 3.63) is 44.2 Å². The first-order valence-corrected chi connectivity index (χ1v) is 7.32. The standard InChI is InChI=1S/C17H22N2O4/c1-17(2,3)19-14-13(15(20)16(14)21)18-9-10-6-11(22-4)8-12(7-10)23-5/h6-8,18-19H,9H2,1-5H3. The van der Waals surface area contributed by atoms with Crippen molar-refractivity contribution in [2.45, 2.75) is 32.9 Å². The summed E-state index contributed by atoms with van der Waals surface area (Å²) in [6.07, 6.45) is 0. The van der Waals surface area contributed by atoms with Crippen LogP contribution in [0.3, 0.4) is 0 Å². The second-order valence-electron chi connectivity index (χ2n) is 6.36. The molecule has 0 radical (unpaired) electrons. The van der Waals surface area contributed by atoms with Gasteiger partial charge in [-0.15, -0.1) is 0 Å². The average Bonchev–Trinajstić information content (AvgIpc) is 2.52. The van der Waals surface area contributed by atoms with Crippen molar-refractivity contribution in [2.75, 3.05) is 24.9 Å². The molecule has 0 atom stereocenters. The van der Waals surface area contributed by atoms with Gasteiger partial charge in [0.1, 0.15) is 22.9 Å². The highest BCUT2D eigenvalue weighted by Crippen LogP contribution is 2.24. The van der Waals surface area contributed by atoms with E-state index in [4.69, 9.17) is 9.47 Å². The van der Waals surface area contributed by atoms with Gasteiger partial charge in [-0.05, 0) is 38.5 Å². The van der Waals surface area contributed by atoms with Gasteiger partial charge in [0.05, 0.1) is 14.2 Å². The average molecular weight is 318 g/mol. The molecule has 0 fully saturated rings. The molecule has 0 saturated carbocycles. The Hall–Kier alpha value is -2.50. The van der Waals surface area contributed by atoms with Crippen LogP contribution >= 0.6 is 0 Å². The maximum absolute atomic E-state index is 11.8. The van der Waals surface area contributed by atoms with Gasteiger partial charge in [-0.3, -0.25) is 9.59 Å². The zero-order valence-electron chi connectivity index (χ0n) is 14.1. The number of rotatable bonds is 6. The van der Waals surface area contributed by atoms with Crippen molar-refractivity contribution >= 4 is 11.4 Å². The van der Waals surface area contributed by atoms with Gasteiger partial charge in [0, 0.05) is 18.2 Å². The Morgan fingerprint density at radius 2 is 1.43 bits per heavy atom. The predicted octanol–water partition coefficient (Wildman–Crippen LogP) is 2.12. The van der Waals surface area contributed by atoms with Crippen LogP contribution in [-0.2, 0) is 6.54 Å². The molecule has 0 aliphatic carbocycles. The Labute approximate surface area is 135 Å². The number of hydrogen-bond donors (Lipinski definition) is 2. The fourth-order valence-electron chi connectivity index (χ4n) is 2.21. The van der Waals surface area contributed by atoms with Crippen LogP contribution in [-0.4, -0.2) is 19.8 Å². The summed E-state index contributed by atoms with van der Waals surface area (Å²) in [5.41, 5.74) is 0.287. The van der Waals surface area contributed by atoms with E-state index in [9.17, 15) is 9.59 Å². The third-order valence-electron chi connectivity index (χ3n) is 3.29. The molecule has 0 aliphatic heterocycles. The maximum atomic E-state index is 11.8. The molecule has 0 bridgehead atoms. The van der Waals surface area contributed by atoms with Crippen LogP contribution in [0.4, 0.5) is 11.4 Å². The molecule has 0 spiro atoms. The number of anilines is 2. The molecule has 0 aliphatic rings. The third kappa shape index (κ3) is 3.83. The SMILES string of the molecule is COc1cc(CNc2c(NC(C)(C)C)c(=O)c2=O)cc(OC)c1. The second-order valence-corrected chi connectivity index (χ2v) is 6.36. The number of methoxy groups -OCH3 is 2. The summed E-state index contributed by atoms with van der Waals surface area (Å²) in [7, 11) is 3.15. The lowest BCUT2D eigenvalue weighted by molar-refractivity contribution is 0.393. The number of benzene rings is 1. The monoisotopic (exact) mass is 318 g/mol. The van der Waals surface area contributed by atoms with Crippen molar-refractivity contribution in [1.29, 1.82) is 0 Å². The molecule has 6 nitrogen and oxygen atoms in total. The topological polar surface area (TPSA) is 76.7 Å². The minimum atomic E-state index is -0.494. The van der Waals surface area contributed by atoms with E-state index in [1.807, 2.05) is 32.9 Å². The highest BCUT2D eigenvalue weighted by Gasteiger charge is 2.24. The molecular formula is C17H22N2O4. The van der Waals surface area contributed by atoms with Gasteiger partial charge in [0.25, 0.3) is 10.9 Å². The molecule has 0 unspecified atom stereocenters. The lowest BCUT2D eigenvalue weighted by atomic mass is 10.1. The van der Waals surface area contributed by atoms with Gasteiger partial charge >= 0.3 is 0 Å². The van der Waals surface area contributed by atoms with Gasteiger partial charge in [-0.25, -0.2) is 0 Å². The summed E-state index contributed by atoms with van der Waals surface area (Å²) in [6, 6.07) is 5.46. The largest absolute Gasteiger partial charge is 0.497 e. The fourth-order valence-corrected chi connectivity index (χ4v) is 2.21. The van der Waals surface area contributed by atoms with Crippen molar-refractivity contribution < 1.29 is 9.47 Å². The van der Waals surface area contributed by atoms with E-state index in [2.05, 4.69) is 10.6 Å². The quantitative estimate of drug-likeness (QED) is 0.795. The minimum absolute atomic E-state index is 0.294. The number of hydrogen-bond acceptors (Lipinski definition) is 6. The number of ether oxygens (including phenoxy) is 2. The van der Waals surface area contributed by atoms with E-state index >= 15 is 0 Å². The van der Waals surface area contributed by atoms with E-state index in [-0.39, 0.29) is 5.54 Å². The van der Waals surface area contributed by atoms with Crippen LogP contribution in [0.1, 0.15) is 26.3 Å². The Bertz CT molecular complexity index is 746. The van der Waals surface area contributed by atoms with Crippen LogP contribution in [0.2, 0.25) is 0 Å². The fraction of sp³-hybridized carbons (Fsp3) is 0.412. The molecule has 0 saturated heterocycles. The molecular weight excluding hydrogens is 296 g/mol. The van der Waals surface area contributed by atoms with E-state index < -0.39 is 10.9 Å². The summed E-state index contributed by atoms with van der Waals surface area (Å²) >= 11 is 0. The smallest absolute Gasteiger partial charge is 0.253 e. The Balaban J connectivity index is 2.18. The Kier molecular flexibility index (Phi) is 4.63. The Morgan fingerprint density at radius 1 is 0.913 bits per heavy atom. The highest BCUT2D eigenvalue weighted by atomic mass is 16.5. The summed E-state index contributed by atoms with van der Waals surface area (Å²) in [4.78, 5) is 23.5. The lowest BCUT2D eigenvalue weighted by Gasteiger charge is -2.25. The molecule has 124 valence electrons. The van der Waals surface area contributed by atoms with Crippen molar-refractivity contribution in [3.8, 4) is 11.5 Å². The van der Waals surface area contributed by atoms with E-state index in [1.165, 1.54) is 0 Å². The van der Waals surface area contributed by atoms with E-state index in [0.717, 1.165) is 5.56 Å². The van der Waals surface area contributed by atoms with Gasteiger partial charge in [0.15, 0.2) is 0 Å². The Morgan fingerprint density at radius 3 is 1.91 bits per heavy atom. The van der Waals surface area contributed by atoms with Gasteiger partial charge in [-0.1, -0.05) is 0 Å². The molecule has 6 heteroatoms. The zero-order valence-corrected chi connectivity index (χ0v) is 14.1. The molecule has 2 aromatic carbocycles. The van der Waals surface area contributed by atoms with Gasteiger partial charge in [0.2, 0.25) is 0 Å². The first-order chi connectivity index (χ1) is 10.7. The van der Waals surface area contributed by atoms with Crippen LogP contribution < -0.4 is 31.0 Å². The van der Waals surface area contributed by atoms with Gasteiger partial charge in [-0.2, -0.15) is 0 Å². The van der Waals surface area contributed by atoms with Crippen LogP contribution in [0.25, 0.3) is 0 Å². The molecule has 2 aromatic rings. The summed E-state index contributed by atoms with van der Waals surface area (Å²) in [5.74, 6) is 1.33. The molecule has 0 aromatic heterocycles. The molecule has 23 heavy (non-hydrogen) atoms. The summed E-state index contributed by atoms with van der Waals surface area (Å²) < 4.78 is 10.4. The molecule has 0 heterocycles. The predicted molar refractivity (Wildman–Crippen MR) is 91.6 cm³/mol. The number of nitrogens with one attached hydrogen (secondary N) is 2. The molecule has 2 N–H and O–H groups in total.